The highest BCUT2D eigenvalue weighted by Gasteiger charge is 1.91. The van der Waals surface area contributed by atoms with E-state index in [2.05, 4.69) is 16.2 Å². The number of ketones is 1. The van der Waals surface area contributed by atoms with Crippen LogP contribution in [-0.2, 0) is 4.79 Å². The number of nitrogens with two attached hydrogens (primary N) is 1. The smallest absolute Gasteiger partial charge is 0.186 e. The molecule has 0 aromatic carbocycles. The molecule has 0 amide bonds. The summed E-state index contributed by atoms with van der Waals surface area (Å²) < 4.78 is 0. The topological polar surface area (TPSA) is 103 Å². The molecule has 0 bridgehead atoms. The van der Waals surface area contributed by atoms with E-state index in [4.69, 9.17) is 11.1 Å². The fourth-order valence-corrected chi connectivity index (χ4v) is 0.529. The highest BCUT2D eigenvalue weighted by atomic mass is 16.1. The van der Waals surface area contributed by atoms with Crippen LogP contribution in [0.1, 0.15) is 13.3 Å². The van der Waals surface area contributed by atoms with Crippen molar-refractivity contribution in [2.24, 2.45) is 5.73 Å². The molecule has 0 aliphatic heterocycles. The monoisotopic (exact) mass is 173 g/mol. The lowest BCUT2D eigenvalue weighted by molar-refractivity contribution is -0.116. The second-order valence-electron chi connectivity index (χ2n) is 2.32. The van der Waals surface area contributed by atoms with Crippen molar-refractivity contribution in [3.05, 3.63) is 0 Å². The van der Waals surface area contributed by atoms with E-state index in [0.717, 1.165) is 0 Å². The molecule has 0 fully saturated rings. The molecule has 0 spiro atoms. The molecular formula is C6H15N5O. The average molecular weight is 173 g/mol. The third kappa shape index (κ3) is 8.86. The molecule has 0 aliphatic carbocycles. The predicted octanol–water partition coefficient (Wildman–Crippen LogP) is -1.50. The van der Waals surface area contributed by atoms with Gasteiger partial charge in [0.1, 0.15) is 5.78 Å². The summed E-state index contributed by atoms with van der Waals surface area (Å²) in [6.07, 6.45) is 0.493. The Hall–Kier alpha value is -1.14. The third-order valence-corrected chi connectivity index (χ3v) is 1.09. The van der Waals surface area contributed by atoms with E-state index in [-0.39, 0.29) is 11.7 Å². The van der Waals surface area contributed by atoms with Gasteiger partial charge >= 0.3 is 0 Å². The van der Waals surface area contributed by atoms with E-state index in [1.54, 1.807) is 0 Å². The van der Waals surface area contributed by atoms with Gasteiger partial charge in [0.2, 0.25) is 0 Å². The van der Waals surface area contributed by atoms with E-state index in [0.29, 0.717) is 19.6 Å². The second-order valence-corrected chi connectivity index (χ2v) is 2.32. The summed E-state index contributed by atoms with van der Waals surface area (Å²) in [6, 6.07) is 0. The Labute approximate surface area is 71.4 Å². The normalized spacial score (nSPS) is 9.42. The first kappa shape index (κ1) is 10.9. The molecule has 6 heteroatoms. The first-order chi connectivity index (χ1) is 5.63. The molecule has 12 heavy (non-hydrogen) atoms. The van der Waals surface area contributed by atoms with Crippen LogP contribution < -0.4 is 21.9 Å². The summed E-state index contributed by atoms with van der Waals surface area (Å²) in [5, 5.41) is 9.32. The number of hydrogen-bond acceptors (Lipinski definition) is 4. The molecule has 70 valence electrons. The number of guanidine groups is 1. The molecule has 0 unspecified atom stereocenters. The van der Waals surface area contributed by atoms with Crippen LogP contribution in [0, 0.1) is 5.41 Å². The molecule has 0 saturated heterocycles. The van der Waals surface area contributed by atoms with Crippen molar-refractivity contribution in [2.75, 3.05) is 13.2 Å². The minimum absolute atomic E-state index is 0.0872. The van der Waals surface area contributed by atoms with Crippen LogP contribution in [0.15, 0.2) is 0 Å². The van der Waals surface area contributed by atoms with Gasteiger partial charge in [0.05, 0.1) is 6.67 Å². The largest absolute Gasteiger partial charge is 0.370 e. The standard InChI is InChI=1S/C6H15N5O/c1-5(12)2-3-10-11-4-9-6(7)8/h10-11H,2-4H2,1H3,(H4,7,8,9). The lowest BCUT2D eigenvalue weighted by atomic mass is 10.3. The van der Waals surface area contributed by atoms with E-state index < -0.39 is 0 Å². The predicted molar refractivity (Wildman–Crippen MR) is 46.4 cm³/mol. The zero-order chi connectivity index (χ0) is 9.40. The minimum Gasteiger partial charge on any atom is -0.370 e. The quantitative estimate of drug-likeness (QED) is 0.111. The Morgan fingerprint density at radius 3 is 2.67 bits per heavy atom. The molecule has 0 aromatic heterocycles. The number of rotatable bonds is 6. The van der Waals surface area contributed by atoms with Crippen LogP contribution in [0.25, 0.3) is 0 Å². The molecular weight excluding hydrogens is 158 g/mol. The molecule has 0 radical (unpaired) electrons. The van der Waals surface area contributed by atoms with Gasteiger partial charge in [-0.3, -0.25) is 15.6 Å². The zero-order valence-corrected chi connectivity index (χ0v) is 7.11. The Balaban J connectivity index is 3.01. The third-order valence-electron chi connectivity index (χ3n) is 1.09. The Kier molecular flexibility index (Phi) is 5.94. The molecule has 6 nitrogen and oxygen atoms in total. The maximum Gasteiger partial charge on any atom is 0.186 e. The number of nitrogens with one attached hydrogen (secondary N) is 4. The van der Waals surface area contributed by atoms with Crippen LogP contribution in [0.2, 0.25) is 0 Å². The molecule has 0 aliphatic rings. The summed E-state index contributed by atoms with van der Waals surface area (Å²) in [7, 11) is 0. The summed E-state index contributed by atoms with van der Waals surface area (Å²) in [5.74, 6) is 0.0553. The first-order valence-corrected chi connectivity index (χ1v) is 3.66. The lowest BCUT2D eigenvalue weighted by Gasteiger charge is -2.06. The van der Waals surface area contributed by atoms with Gasteiger partial charge in [-0.1, -0.05) is 0 Å². The van der Waals surface area contributed by atoms with Gasteiger partial charge in [0.15, 0.2) is 5.96 Å². The van der Waals surface area contributed by atoms with E-state index in [1.807, 2.05) is 0 Å². The molecule has 6 N–H and O–H groups in total. The summed E-state index contributed by atoms with van der Waals surface area (Å²) in [4.78, 5) is 10.4. The van der Waals surface area contributed by atoms with Gasteiger partial charge in [0.25, 0.3) is 0 Å². The van der Waals surface area contributed by atoms with E-state index in [9.17, 15) is 4.79 Å². The molecule has 0 saturated carbocycles. The van der Waals surface area contributed by atoms with Crippen molar-refractivity contribution >= 4 is 11.7 Å². The fourth-order valence-electron chi connectivity index (χ4n) is 0.529. The van der Waals surface area contributed by atoms with Crippen molar-refractivity contribution in [3.8, 4) is 0 Å². The zero-order valence-electron chi connectivity index (χ0n) is 7.11. The van der Waals surface area contributed by atoms with Crippen molar-refractivity contribution < 1.29 is 4.79 Å². The number of carbonyl (C=O) groups excluding carboxylic acids is 1. The molecule has 0 heterocycles. The Morgan fingerprint density at radius 1 is 1.50 bits per heavy atom. The van der Waals surface area contributed by atoms with Gasteiger partial charge < -0.3 is 11.1 Å². The van der Waals surface area contributed by atoms with Crippen LogP contribution in [-0.4, -0.2) is 25.0 Å². The van der Waals surface area contributed by atoms with Crippen LogP contribution in [0.3, 0.4) is 0 Å². The molecule has 0 atom stereocenters. The number of hydrogen-bond donors (Lipinski definition) is 5. The van der Waals surface area contributed by atoms with Gasteiger partial charge in [-0.15, -0.1) is 0 Å². The van der Waals surface area contributed by atoms with Crippen molar-refractivity contribution in [2.45, 2.75) is 13.3 Å². The maximum atomic E-state index is 10.4. The molecule has 0 aromatic rings. The first-order valence-electron chi connectivity index (χ1n) is 3.66. The summed E-state index contributed by atoms with van der Waals surface area (Å²) >= 11 is 0. The minimum atomic E-state index is -0.0872. The van der Waals surface area contributed by atoms with E-state index >= 15 is 0 Å². The van der Waals surface area contributed by atoms with Gasteiger partial charge in [-0.05, 0) is 6.92 Å². The Bertz CT molecular complexity index is 140. The summed E-state index contributed by atoms with van der Waals surface area (Å²) in [5.41, 5.74) is 10.5. The highest BCUT2D eigenvalue weighted by molar-refractivity contribution is 5.75. The fraction of sp³-hybridized carbons (Fsp3) is 0.667. The van der Waals surface area contributed by atoms with Crippen LogP contribution >= 0.6 is 0 Å². The van der Waals surface area contributed by atoms with Crippen molar-refractivity contribution in [1.29, 1.82) is 5.41 Å². The average Bonchev–Trinajstić information content (AvgIpc) is 1.95. The van der Waals surface area contributed by atoms with E-state index in [1.165, 1.54) is 6.92 Å². The molecule has 0 rings (SSSR count). The van der Waals surface area contributed by atoms with Crippen molar-refractivity contribution in [3.63, 3.8) is 0 Å². The van der Waals surface area contributed by atoms with Crippen LogP contribution in [0.5, 0.6) is 0 Å². The number of hydrazine groups is 1. The number of Topliss-reactive ketones (excluding diaryl/α,β-unsaturated/α-hetero) is 1. The highest BCUT2D eigenvalue weighted by Crippen LogP contribution is 1.74. The maximum absolute atomic E-state index is 10.4. The van der Waals surface area contributed by atoms with Gasteiger partial charge in [-0.2, -0.15) is 0 Å². The summed E-state index contributed by atoms with van der Waals surface area (Å²) in [6.45, 7) is 2.48. The Morgan fingerprint density at radius 2 is 2.17 bits per heavy atom. The SMILES string of the molecule is CC(=O)CCNNCNC(=N)N. The van der Waals surface area contributed by atoms with Crippen LogP contribution in [0.4, 0.5) is 0 Å². The van der Waals surface area contributed by atoms with Crippen molar-refractivity contribution in [1.82, 2.24) is 16.2 Å². The lowest BCUT2D eigenvalue weighted by Crippen LogP contribution is -2.44. The van der Waals surface area contributed by atoms with Gasteiger partial charge in [0, 0.05) is 13.0 Å². The number of carbonyl (C=O) groups is 1. The van der Waals surface area contributed by atoms with Gasteiger partial charge in [-0.25, -0.2) is 5.43 Å². The second kappa shape index (κ2) is 6.56.